The Morgan fingerprint density at radius 2 is 2.29 bits per heavy atom. The Morgan fingerprint density at radius 3 is 2.93 bits per heavy atom. The van der Waals surface area contributed by atoms with Gasteiger partial charge in [-0.2, -0.15) is 0 Å². The topological polar surface area (TPSA) is 34.9 Å². The van der Waals surface area contributed by atoms with Crippen molar-refractivity contribution in [3.63, 3.8) is 0 Å². The molecule has 0 atom stereocenters. The van der Waals surface area contributed by atoms with Gasteiger partial charge in [0.15, 0.2) is 0 Å². The Balaban J connectivity index is 2.51. The van der Waals surface area contributed by atoms with Crippen molar-refractivity contribution < 1.29 is 4.79 Å². The van der Waals surface area contributed by atoms with E-state index in [0.717, 1.165) is 23.1 Å². The van der Waals surface area contributed by atoms with Gasteiger partial charge in [-0.15, -0.1) is 0 Å². The molecule has 2 aromatic rings. The second-order valence-corrected chi connectivity index (χ2v) is 3.13. The number of hydrogen-bond donors (Lipinski definition) is 0. The quantitative estimate of drug-likeness (QED) is 0.672. The Kier molecular flexibility index (Phi) is 2.14. The average Bonchev–Trinajstić information content (AvgIpc) is 2.71. The summed E-state index contributed by atoms with van der Waals surface area (Å²) in [5.41, 5.74) is 2.66. The van der Waals surface area contributed by atoms with Gasteiger partial charge in [0.05, 0.1) is 6.33 Å². The SMILES string of the molecule is Cc1ccc(-n2ccnc2)cc1C=O. The summed E-state index contributed by atoms with van der Waals surface area (Å²) in [7, 11) is 0. The van der Waals surface area contributed by atoms with Gasteiger partial charge >= 0.3 is 0 Å². The molecular formula is C11H10N2O. The molecule has 0 N–H and O–H groups in total. The van der Waals surface area contributed by atoms with Crippen LogP contribution in [0.1, 0.15) is 15.9 Å². The van der Waals surface area contributed by atoms with Crippen LogP contribution in [-0.2, 0) is 0 Å². The molecule has 0 aliphatic rings. The normalized spacial score (nSPS) is 10.1. The zero-order valence-electron chi connectivity index (χ0n) is 7.84. The molecule has 0 aliphatic carbocycles. The van der Waals surface area contributed by atoms with Crippen LogP contribution >= 0.6 is 0 Å². The highest BCUT2D eigenvalue weighted by molar-refractivity contribution is 5.78. The van der Waals surface area contributed by atoms with Crippen molar-refractivity contribution in [2.75, 3.05) is 0 Å². The molecule has 0 saturated carbocycles. The minimum atomic E-state index is 0.719. The molecule has 3 heteroatoms. The summed E-state index contributed by atoms with van der Waals surface area (Å²) in [4.78, 5) is 14.7. The van der Waals surface area contributed by atoms with Crippen LogP contribution in [0.3, 0.4) is 0 Å². The van der Waals surface area contributed by atoms with E-state index in [-0.39, 0.29) is 0 Å². The number of aryl methyl sites for hydroxylation is 1. The van der Waals surface area contributed by atoms with E-state index in [4.69, 9.17) is 0 Å². The van der Waals surface area contributed by atoms with Crippen LogP contribution in [0, 0.1) is 6.92 Å². The van der Waals surface area contributed by atoms with Crippen molar-refractivity contribution in [1.29, 1.82) is 0 Å². The number of carbonyl (C=O) groups is 1. The van der Waals surface area contributed by atoms with Gasteiger partial charge in [-0.05, 0) is 24.6 Å². The van der Waals surface area contributed by atoms with Crippen molar-refractivity contribution in [3.05, 3.63) is 48.0 Å². The second-order valence-electron chi connectivity index (χ2n) is 3.13. The number of aromatic nitrogens is 2. The molecule has 0 radical (unpaired) electrons. The zero-order chi connectivity index (χ0) is 9.97. The Labute approximate surface area is 82.0 Å². The summed E-state index contributed by atoms with van der Waals surface area (Å²) in [5, 5.41) is 0. The summed E-state index contributed by atoms with van der Waals surface area (Å²) in [5.74, 6) is 0. The number of imidazole rings is 1. The first-order valence-electron chi connectivity index (χ1n) is 4.35. The van der Waals surface area contributed by atoms with Gasteiger partial charge in [-0.25, -0.2) is 4.98 Å². The van der Waals surface area contributed by atoms with E-state index < -0.39 is 0 Å². The standard InChI is InChI=1S/C11H10N2O/c1-9-2-3-11(6-10(9)7-14)13-5-4-12-8-13/h2-8H,1H3. The van der Waals surface area contributed by atoms with E-state index in [1.807, 2.05) is 35.9 Å². The number of nitrogens with zero attached hydrogens (tertiary/aromatic N) is 2. The van der Waals surface area contributed by atoms with Gasteiger partial charge in [0, 0.05) is 23.6 Å². The van der Waals surface area contributed by atoms with Crippen molar-refractivity contribution in [3.8, 4) is 5.69 Å². The van der Waals surface area contributed by atoms with Crippen molar-refractivity contribution in [1.82, 2.24) is 9.55 Å². The van der Waals surface area contributed by atoms with Crippen LogP contribution < -0.4 is 0 Å². The smallest absolute Gasteiger partial charge is 0.150 e. The molecule has 0 unspecified atom stereocenters. The number of benzene rings is 1. The van der Waals surface area contributed by atoms with E-state index in [1.165, 1.54) is 0 Å². The Hall–Kier alpha value is -1.90. The molecule has 3 nitrogen and oxygen atoms in total. The van der Waals surface area contributed by atoms with E-state index in [2.05, 4.69) is 4.98 Å². The maximum absolute atomic E-state index is 10.7. The van der Waals surface area contributed by atoms with E-state index in [9.17, 15) is 4.79 Å². The third kappa shape index (κ3) is 1.44. The number of rotatable bonds is 2. The van der Waals surface area contributed by atoms with Crippen LogP contribution in [0.25, 0.3) is 5.69 Å². The van der Waals surface area contributed by atoms with Gasteiger partial charge in [0.1, 0.15) is 6.29 Å². The monoisotopic (exact) mass is 186 g/mol. The maximum atomic E-state index is 10.7. The first kappa shape index (κ1) is 8.69. The summed E-state index contributed by atoms with van der Waals surface area (Å²) in [6.45, 7) is 1.92. The zero-order valence-corrected chi connectivity index (χ0v) is 7.84. The highest BCUT2D eigenvalue weighted by Gasteiger charge is 2.00. The summed E-state index contributed by atoms with van der Waals surface area (Å²) >= 11 is 0. The lowest BCUT2D eigenvalue weighted by atomic mass is 10.1. The molecule has 1 aromatic heterocycles. The third-order valence-corrected chi connectivity index (χ3v) is 2.19. The predicted octanol–water partition coefficient (Wildman–Crippen LogP) is 1.99. The number of hydrogen-bond acceptors (Lipinski definition) is 2. The molecule has 2 rings (SSSR count). The van der Waals surface area contributed by atoms with E-state index >= 15 is 0 Å². The molecule has 0 fully saturated rings. The molecule has 0 aliphatic heterocycles. The minimum Gasteiger partial charge on any atom is -0.306 e. The second kappa shape index (κ2) is 3.46. The number of carbonyl (C=O) groups excluding carboxylic acids is 1. The van der Waals surface area contributed by atoms with Crippen molar-refractivity contribution >= 4 is 6.29 Å². The van der Waals surface area contributed by atoms with E-state index in [1.54, 1.807) is 12.5 Å². The van der Waals surface area contributed by atoms with Gasteiger partial charge in [0.2, 0.25) is 0 Å². The highest BCUT2D eigenvalue weighted by Crippen LogP contribution is 2.12. The largest absolute Gasteiger partial charge is 0.306 e. The number of aldehydes is 1. The molecule has 70 valence electrons. The summed E-state index contributed by atoms with van der Waals surface area (Å²) < 4.78 is 1.87. The third-order valence-electron chi connectivity index (χ3n) is 2.19. The molecule has 14 heavy (non-hydrogen) atoms. The minimum absolute atomic E-state index is 0.719. The van der Waals surface area contributed by atoms with Crippen LogP contribution in [0.4, 0.5) is 0 Å². The summed E-state index contributed by atoms with van der Waals surface area (Å²) in [6.07, 6.45) is 6.13. The highest BCUT2D eigenvalue weighted by atomic mass is 16.1. The molecule has 1 aromatic carbocycles. The van der Waals surface area contributed by atoms with Crippen LogP contribution in [0.15, 0.2) is 36.9 Å². The fourth-order valence-corrected chi connectivity index (χ4v) is 1.33. The van der Waals surface area contributed by atoms with Gasteiger partial charge in [-0.3, -0.25) is 4.79 Å². The predicted molar refractivity (Wildman–Crippen MR) is 53.7 cm³/mol. The molecular weight excluding hydrogens is 176 g/mol. The average molecular weight is 186 g/mol. The van der Waals surface area contributed by atoms with Crippen LogP contribution in [-0.4, -0.2) is 15.8 Å². The lowest BCUT2D eigenvalue weighted by Gasteiger charge is -2.04. The van der Waals surface area contributed by atoms with Gasteiger partial charge in [-0.1, -0.05) is 6.07 Å². The van der Waals surface area contributed by atoms with Crippen LogP contribution in [0.2, 0.25) is 0 Å². The van der Waals surface area contributed by atoms with Gasteiger partial charge < -0.3 is 4.57 Å². The van der Waals surface area contributed by atoms with Crippen molar-refractivity contribution in [2.45, 2.75) is 6.92 Å². The fourth-order valence-electron chi connectivity index (χ4n) is 1.33. The molecule has 0 spiro atoms. The Morgan fingerprint density at radius 1 is 1.43 bits per heavy atom. The lowest BCUT2D eigenvalue weighted by Crippen LogP contribution is -1.93. The molecule has 0 amide bonds. The first-order valence-corrected chi connectivity index (χ1v) is 4.35. The molecule has 0 saturated heterocycles. The molecule has 1 heterocycles. The lowest BCUT2D eigenvalue weighted by molar-refractivity contribution is 0.112. The van der Waals surface area contributed by atoms with Crippen molar-refractivity contribution in [2.24, 2.45) is 0 Å². The molecule has 0 bridgehead atoms. The Bertz CT molecular complexity index is 446. The summed E-state index contributed by atoms with van der Waals surface area (Å²) in [6, 6.07) is 5.74. The van der Waals surface area contributed by atoms with E-state index in [0.29, 0.717) is 0 Å². The maximum Gasteiger partial charge on any atom is 0.150 e. The van der Waals surface area contributed by atoms with Crippen LogP contribution in [0.5, 0.6) is 0 Å². The first-order chi connectivity index (χ1) is 6.81. The van der Waals surface area contributed by atoms with Gasteiger partial charge in [0.25, 0.3) is 0 Å². The fraction of sp³-hybridized carbons (Fsp3) is 0.0909.